The summed E-state index contributed by atoms with van der Waals surface area (Å²) in [4.78, 5) is 14.6. The highest BCUT2D eigenvalue weighted by atomic mass is 16.5. The highest BCUT2D eigenvalue weighted by Gasteiger charge is 2.20. The smallest absolute Gasteiger partial charge is 0.222 e. The highest BCUT2D eigenvalue weighted by Crippen LogP contribution is 2.30. The molecule has 0 saturated heterocycles. The molecule has 4 heteroatoms. The molecule has 0 spiro atoms. The van der Waals surface area contributed by atoms with Crippen molar-refractivity contribution < 1.29 is 14.3 Å². The van der Waals surface area contributed by atoms with Crippen molar-refractivity contribution >= 4 is 5.91 Å². The number of carbonyl (C=O) groups excluding carboxylic acids is 1. The Morgan fingerprint density at radius 3 is 2.03 bits per heavy atom. The van der Waals surface area contributed by atoms with E-state index in [-0.39, 0.29) is 12.0 Å². The molecule has 0 aromatic heterocycles. The van der Waals surface area contributed by atoms with E-state index in [4.69, 9.17) is 9.47 Å². The number of ether oxygens (including phenoxy) is 2. The number of benzene rings is 2. The quantitative estimate of drug-likeness (QED) is 0.452. The Labute approximate surface area is 182 Å². The second-order valence-corrected chi connectivity index (χ2v) is 8.39. The van der Waals surface area contributed by atoms with Gasteiger partial charge in [0.15, 0.2) is 0 Å². The largest absolute Gasteiger partial charge is 0.497 e. The fraction of sp³-hybridized carbons (Fsp3) is 0.500. The van der Waals surface area contributed by atoms with Crippen LogP contribution in [0.1, 0.15) is 64.5 Å². The van der Waals surface area contributed by atoms with E-state index in [1.807, 2.05) is 49.9 Å². The Morgan fingerprint density at radius 1 is 0.933 bits per heavy atom. The second-order valence-electron chi connectivity index (χ2n) is 8.39. The van der Waals surface area contributed by atoms with Gasteiger partial charge in [-0.15, -0.1) is 0 Å². The number of carbonyl (C=O) groups is 1. The van der Waals surface area contributed by atoms with Crippen LogP contribution < -0.4 is 9.47 Å². The lowest BCUT2D eigenvalue weighted by Gasteiger charge is -2.27. The van der Waals surface area contributed by atoms with Gasteiger partial charge in [-0.3, -0.25) is 4.79 Å². The van der Waals surface area contributed by atoms with Crippen LogP contribution in [-0.2, 0) is 11.3 Å². The zero-order valence-corrected chi connectivity index (χ0v) is 19.4. The Bertz CT molecular complexity index is 766. The van der Waals surface area contributed by atoms with E-state index < -0.39 is 0 Å². The summed E-state index contributed by atoms with van der Waals surface area (Å²) in [6, 6.07) is 16.4. The predicted molar refractivity (Wildman–Crippen MR) is 123 cm³/mol. The first-order valence-electron chi connectivity index (χ1n) is 11.0. The number of hydrogen-bond donors (Lipinski definition) is 0. The van der Waals surface area contributed by atoms with Crippen LogP contribution in [0.4, 0.5) is 0 Å². The van der Waals surface area contributed by atoms with E-state index in [0.717, 1.165) is 30.0 Å². The molecule has 0 saturated carbocycles. The maximum Gasteiger partial charge on any atom is 0.222 e. The molecule has 164 valence electrons. The van der Waals surface area contributed by atoms with Crippen LogP contribution in [0.2, 0.25) is 0 Å². The topological polar surface area (TPSA) is 38.8 Å². The Kier molecular flexibility index (Phi) is 9.22. The Hall–Kier alpha value is -2.49. The van der Waals surface area contributed by atoms with Crippen LogP contribution in [0.3, 0.4) is 0 Å². The van der Waals surface area contributed by atoms with Crippen LogP contribution in [0.5, 0.6) is 11.5 Å². The first-order chi connectivity index (χ1) is 14.3. The molecule has 30 heavy (non-hydrogen) atoms. The predicted octanol–water partition coefficient (Wildman–Crippen LogP) is 6.05. The van der Waals surface area contributed by atoms with Crippen molar-refractivity contribution in [2.75, 3.05) is 13.7 Å². The number of hydrogen-bond acceptors (Lipinski definition) is 3. The van der Waals surface area contributed by atoms with Gasteiger partial charge in [0, 0.05) is 19.5 Å². The molecular formula is C26H37NO3. The van der Waals surface area contributed by atoms with Gasteiger partial charge in [-0.2, -0.15) is 0 Å². The summed E-state index contributed by atoms with van der Waals surface area (Å²) >= 11 is 0. The minimum Gasteiger partial charge on any atom is -0.497 e. The van der Waals surface area contributed by atoms with Gasteiger partial charge in [-0.1, -0.05) is 45.0 Å². The average Bonchev–Trinajstić information content (AvgIpc) is 2.73. The molecule has 0 radical (unpaired) electrons. The second kappa shape index (κ2) is 11.6. The van der Waals surface area contributed by atoms with Gasteiger partial charge in [0.1, 0.15) is 11.5 Å². The number of amides is 1. The monoisotopic (exact) mass is 411 g/mol. The first kappa shape index (κ1) is 23.8. The standard InChI is InChI=1S/C26H37NO3/c1-7-26(28)27(18-21-8-12-23(29-6)13-9-21)17-16-25(19(2)3)22-10-14-24(15-11-22)30-20(4)5/h8-15,19-20,25H,7,16-18H2,1-6H3. The van der Waals surface area contributed by atoms with Gasteiger partial charge in [0.05, 0.1) is 13.2 Å². The Balaban J connectivity index is 2.08. The molecule has 0 aliphatic carbocycles. The summed E-state index contributed by atoms with van der Waals surface area (Å²) in [5.41, 5.74) is 2.42. The van der Waals surface area contributed by atoms with E-state index in [9.17, 15) is 4.79 Å². The number of rotatable bonds is 11. The van der Waals surface area contributed by atoms with Crippen molar-refractivity contribution in [3.8, 4) is 11.5 Å². The normalized spacial score (nSPS) is 12.1. The summed E-state index contributed by atoms with van der Waals surface area (Å²) in [5, 5.41) is 0. The van der Waals surface area contributed by atoms with Crippen molar-refractivity contribution in [1.29, 1.82) is 0 Å². The van der Waals surface area contributed by atoms with Gasteiger partial charge >= 0.3 is 0 Å². The molecule has 0 bridgehead atoms. The van der Waals surface area contributed by atoms with Gasteiger partial charge in [0.25, 0.3) is 0 Å². The van der Waals surface area contributed by atoms with Gasteiger partial charge in [0.2, 0.25) is 5.91 Å². The van der Waals surface area contributed by atoms with Gasteiger partial charge < -0.3 is 14.4 Å². The van der Waals surface area contributed by atoms with Crippen molar-refractivity contribution in [2.24, 2.45) is 5.92 Å². The lowest BCUT2D eigenvalue weighted by Crippen LogP contribution is -2.32. The van der Waals surface area contributed by atoms with Crippen LogP contribution in [0, 0.1) is 5.92 Å². The number of methoxy groups -OCH3 is 1. The first-order valence-corrected chi connectivity index (χ1v) is 11.0. The summed E-state index contributed by atoms with van der Waals surface area (Å²) in [6.07, 6.45) is 1.62. The average molecular weight is 412 g/mol. The van der Waals surface area contributed by atoms with E-state index >= 15 is 0 Å². The molecule has 2 rings (SSSR count). The lowest BCUT2D eigenvalue weighted by atomic mass is 9.85. The molecule has 0 heterocycles. The van der Waals surface area contributed by atoms with E-state index in [1.54, 1.807) is 7.11 Å². The van der Waals surface area contributed by atoms with Crippen LogP contribution in [0.25, 0.3) is 0 Å². The molecule has 2 aromatic carbocycles. The minimum atomic E-state index is 0.170. The lowest BCUT2D eigenvalue weighted by molar-refractivity contribution is -0.131. The fourth-order valence-electron chi connectivity index (χ4n) is 3.71. The third-order valence-corrected chi connectivity index (χ3v) is 5.38. The van der Waals surface area contributed by atoms with Gasteiger partial charge in [-0.25, -0.2) is 0 Å². The minimum absolute atomic E-state index is 0.170. The third-order valence-electron chi connectivity index (χ3n) is 5.38. The van der Waals surface area contributed by atoms with Crippen molar-refractivity contribution in [3.05, 3.63) is 59.7 Å². The summed E-state index contributed by atoms with van der Waals surface area (Å²) < 4.78 is 11.0. The molecule has 1 amide bonds. The molecular weight excluding hydrogens is 374 g/mol. The van der Waals surface area contributed by atoms with Crippen LogP contribution >= 0.6 is 0 Å². The maximum absolute atomic E-state index is 12.6. The fourth-order valence-corrected chi connectivity index (χ4v) is 3.71. The van der Waals surface area contributed by atoms with Gasteiger partial charge in [-0.05, 0) is 67.5 Å². The van der Waals surface area contributed by atoms with E-state index in [0.29, 0.717) is 24.8 Å². The van der Waals surface area contributed by atoms with Crippen LogP contribution in [-0.4, -0.2) is 30.6 Å². The molecule has 0 fully saturated rings. The molecule has 0 aliphatic rings. The molecule has 1 atom stereocenters. The zero-order chi connectivity index (χ0) is 22.1. The molecule has 0 aliphatic heterocycles. The summed E-state index contributed by atoms with van der Waals surface area (Å²) in [5.74, 6) is 2.80. The summed E-state index contributed by atoms with van der Waals surface area (Å²) in [6.45, 7) is 11.9. The van der Waals surface area contributed by atoms with E-state index in [1.165, 1.54) is 5.56 Å². The molecule has 0 N–H and O–H groups in total. The Morgan fingerprint density at radius 2 is 1.53 bits per heavy atom. The van der Waals surface area contributed by atoms with Crippen molar-refractivity contribution in [1.82, 2.24) is 4.90 Å². The zero-order valence-electron chi connectivity index (χ0n) is 19.4. The van der Waals surface area contributed by atoms with Crippen LogP contribution in [0.15, 0.2) is 48.5 Å². The number of nitrogens with zero attached hydrogens (tertiary/aromatic N) is 1. The SMILES string of the molecule is CCC(=O)N(CCC(c1ccc(OC(C)C)cc1)C(C)C)Cc1ccc(OC)cc1. The molecule has 1 unspecified atom stereocenters. The summed E-state index contributed by atoms with van der Waals surface area (Å²) in [7, 11) is 1.66. The molecule has 2 aromatic rings. The third kappa shape index (κ3) is 7.08. The van der Waals surface area contributed by atoms with Crippen molar-refractivity contribution in [3.63, 3.8) is 0 Å². The maximum atomic E-state index is 12.6. The van der Waals surface area contributed by atoms with Crippen molar-refractivity contribution in [2.45, 2.75) is 66.0 Å². The highest BCUT2D eigenvalue weighted by molar-refractivity contribution is 5.75. The molecule has 4 nitrogen and oxygen atoms in total. The van der Waals surface area contributed by atoms with E-state index in [2.05, 4.69) is 38.1 Å².